The lowest BCUT2D eigenvalue weighted by atomic mass is 9.97. The molecule has 1 aromatic heterocycles. The number of nitrogens with zero attached hydrogens (tertiary/aromatic N) is 4. The molecule has 24 heavy (non-hydrogen) atoms. The van der Waals surface area contributed by atoms with E-state index in [0.717, 1.165) is 26.1 Å². The normalized spacial score (nSPS) is 22.2. The molecule has 1 aromatic rings. The van der Waals surface area contributed by atoms with Gasteiger partial charge in [-0.05, 0) is 32.1 Å². The maximum atomic E-state index is 12.1. The summed E-state index contributed by atoms with van der Waals surface area (Å²) in [6.45, 7) is 4.06. The SMILES string of the molecule is O=C(CN1CCOC(Cn2cncn2)C1)NCCC1=CCCCC1. The van der Waals surface area contributed by atoms with Gasteiger partial charge in [0, 0.05) is 19.6 Å². The minimum Gasteiger partial charge on any atom is -0.374 e. The summed E-state index contributed by atoms with van der Waals surface area (Å²) in [5.41, 5.74) is 1.50. The van der Waals surface area contributed by atoms with Crippen LogP contribution in [-0.4, -0.2) is 64.5 Å². The second-order valence-electron chi connectivity index (χ2n) is 6.55. The number of morpholine rings is 1. The van der Waals surface area contributed by atoms with Crippen LogP contribution in [0.2, 0.25) is 0 Å². The van der Waals surface area contributed by atoms with Crippen molar-refractivity contribution < 1.29 is 9.53 Å². The zero-order valence-corrected chi connectivity index (χ0v) is 14.2. The van der Waals surface area contributed by atoms with Crippen LogP contribution in [0.5, 0.6) is 0 Å². The minimum atomic E-state index is 0.0562. The summed E-state index contributed by atoms with van der Waals surface area (Å²) < 4.78 is 7.52. The van der Waals surface area contributed by atoms with Gasteiger partial charge in [0.1, 0.15) is 12.7 Å². The van der Waals surface area contributed by atoms with Crippen LogP contribution < -0.4 is 5.32 Å². The Bertz CT molecular complexity index is 543. The monoisotopic (exact) mass is 333 g/mol. The first kappa shape index (κ1) is 17.1. The van der Waals surface area contributed by atoms with Crippen LogP contribution in [0.3, 0.4) is 0 Å². The van der Waals surface area contributed by atoms with Gasteiger partial charge in [0.2, 0.25) is 5.91 Å². The predicted octanol–water partition coefficient (Wildman–Crippen LogP) is 0.986. The van der Waals surface area contributed by atoms with Crippen molar-refractivity contribution in [2.24, 2.45) is 0 Å². The number of hydrogen-bond donors (Lipinski definition) is 1. The number of aromatic nitrogens is 3. The summed E-state index contributed by atoms with van der Waals surface area (Å²) in [5.74, 6) is 0.104. The number of rotatable bonds is 7. The van der Waals surface area contributed by atoms with E-state index < -0.39 is 0 Å². The number of allylic oxidation sites excluding steroid dienone is 1. The van der Waals surface area contributed by atoms with E-state index in [-0.39, 0.29) is 12.0 Å². The average Bonchev–Trinajstić information content (AvgIpc) is 3.09. The fourth-order valence-electron chi connectivity index (χ4n) is 3.32. The molecule has 1 fully saturated rings. The highest BCUT2D eigenvalue weighted by Gasteiger charge is 2.22. The molecule has 0 saturated carbocycles. The van der Waals surface area contributed by atoms with Crippen LogP contribution in [0.4, 0.5) is 0 Å². The fraction of sp³-hybridized carbons (Fsp3) is 0.706. The quantitative estimate of drug-likeness (QED) is 0.753. The minimum absolute atomic E-state index is 0.0562. The first-order valence-corrected chi connectivity index (χ1v) is 8.90. The number of hydrogen-bond acceptors (Lipinski definition) is 5. The number of carbonyl (C=O) groups excluding carboxylic acids is 1. The average molecular weight is 333 g/mol. The van der Waals surface area contributed by atoms with Crippen molar-refractivity contribution >= 4 is 5.91 Å². The molecule has 1 amide bonds. The molecule has 0 aromatic carbocycles. The Morgan fingerprint density at radius 1 is 1.42 bits per heavy atom. The smallest absolute Gasteiger partial charge is 0.234 e. The molecule has 1 unspecified atom stereocenters. The van der Waals surface area contributed by atoms with Gasteiger partial charge in [0.15, 0.2) is 0 Å². The maximum absolute atomic E-state index is 12.1. The van der Waals surface area contributed by atoms with Crippen molar-refractivity contribution in [3.8, 4) is 0 Å². The Hall–Kier alpha value is -1.73. The molecule has 7 heteroatoms. The van der Waals surface area contributed by atoms with Crippen LogP contribution in [0.15, 0.2) is 24.3 Å². The van der Waals surface area contributed by atoms with Crippen LogP contribution in [0.1, 0.15) is 32.1 Å². The first-order chi connectivity index (χ1) is 11.8. The lowest BCUT2D eigenvalue weighted by Crippen LogP contribution is -2.48. The molecule has 132 valence electrons. The van der Waals surface area contributed by atoms with E-state index in [9.17, 15) is 4.79 Å². The number of nitrogens with one attached hydrogen (secondary N) is 1. The summed E-state index contributed by atoms with van der Waals surface area (Å²) in [5, 5.41) is 7.15. The Morgan fingerprint density at radius 3 is 3.17 bits per heavy atom. The first-order valence-electron chi connectivity index (χ1n) is 8.90. The van der Waals surface area contributed by atoms with Gasteiger partial charge in [-0.3, -0.25) is 14.4 Å². The standard InChI is InChI=1S/C17H27N5O2/c23-17(19-7-6-15-4-2-1-3-5-15)12-21-8-9-24-16(10-21)11-22-14-18-13-20-22/h4,13-14,16H,1-3,5-12H2,(H,19,23). The van der Waals surface area contributed by atoms with Gasteiger partial charge in [-0.2, -0.15) is 5.10 Å². The molecule has 1 aliphatic heterocycles. The maximum Gasteiger partial charge on any atom is 0.234 e. The van der Waals surface area contributed by atoms with Crippen molar-refractivity contribution in [1.29, 1.82) is 0 Å². The number of carbonyl (C=O) groups is 1. The second kappa shape index (κ2) is 8.94. The van der Waals surface area contributed by atoms with Gasteiger partial charge >= 0.3 is 0 Å². The van der Waals surface area contributed by atoms with Crippen LogP contribution in [-0.2, 0) is 16.1 Å². The molecule has 1 atom stereocenters. The van der Waals surface area contributed by atoms with Gasteiger partial charge in [-0.1, -0.05) is 11.6 Å². The Balaban J connectivity index is 1.35. The van der Waals surface area contributed by atoms with Crippen molar-refractivity contribution in [2.45, 2.75) is 44.8 Å². The van der Waals surface area contributed by atoms with Crippen molar-refractivity contribution in [3.05, 3.63) is 24.3 Å². The third-order valence-corrected chi connectivity index (χ3v) is 4.60. The van der Waals surface area contributed by atoms with E-state index in [1.807, 2.05) is 0 Å². The molecule has 1 N–H and O–H groups in total. The number of ether oxygens (including phenoxy) is 1. The van der Waals surface area contributed by atoms with E-state index >= 15 is 0 Å². The molecule has 0 bridgehead atoms. The highest BCUT2D eigenvalue weighted by atomic mass is 16.5. The molecule has 7 nitrogen and oxygen atoms in total. The summed E-state index contributed by atoms with van der Waals surface area (Å²) >= 11 is 0. The molecule has 1 aliphatic carbocycles. The van der Waals surface area contributed by atoms with E-state index in [0.29, 0.717) is 19.7 Å². The lowest BCUT2D eigenvalue weighted by molar-refractivity contribution is -0.124. The number of amides is 1. The summed E-state index contributed by atoms with van der Waals surface area (Å²) in [6, 6.07) is 0. The van der Waals surface area contributed by atoms with Crippen LogP contribution in [0.25, 0.3) is 0 Å². The largest absolute Gasteiger partial charge is 0.374 e. The highest BCUT2D eigenvalue weighted by Crippen LogP contribution is 2.19. The van der Waals surface area contributed by atoms with E-state index in [1.165, 1.54) is 37.6 Å². The molecular weight excluding hydrogens is 306 g/mol. The van der Waals surface area contributed by atoms with Crippen LogP contribution in [0, 0.1) is 0 Å². The third-order valence-electron chi connectivity index (χ3n) is 4.60. The summed E-state index contributed by atoms with van der Waals surface area (Å²) in [4.78, 5) is 18.2. The third kappa shape index (κ3) is 5.42. The molecule has 0 radical (unpaired) electrons. The Labute approximate surface area is 143 Å². The van der Waals surface area contributed by atoms with E-state index in [2.05, 4.69) is 26.4 Å². The van der Waals surface area contributed by atoms with Gasteiger partial charge in [0.05, 0.1) is 25.8 Å². The molecule has 2 aliphatic rings. The highest BCUT2D eigenvalue weighted by molar-refractivity contribution is 5.78. The zero-order chi connectivity index (χ0) is 16.6. The fourth-order valence-corrected chi connectivity index (χ4v) is 3.32. The van der Waals surface area contributed by atoms with Crippen LogP contribution >= 0.6 is 0 Å². The second-order valence-corrected chi connectivity index (χ2v) is 6.55. The van der Waals surface area contributed by atoms with Gasteiger partial charge < -0.3 is 10.1 Å². The van der Waals surface area contributed by atoms with Gasteiger partial charge in [0.25, 0.3) is 0 Å². The molecular formula is C17H27N5O2. The summed E-state index contributed by atoms with van der Waals surface area (Å²) in [7, 11) is 0. The Morgan fingerprint density at radius 2 is 2.38 bits per heavy atom. The molecule has 1 saturated heterocycles. The predicted molar refractivity (Wildman–Crippen MR) is 90.4 cm³/mol. The lowest BCUT2D eigenvalue weighted by Gasteiger charge is -2.32. The molecule has 0 spiro atoms. The summed E-state index contributed by atoms with van der Waals surface area (Å²) in [6.07, 6.45) is 11.6. The van der Waals surface area contributed by atoms with Gasteiger partial charge in [-0.15, -0.1) is 0 Å². The van der Waals surface area contributed by atoms with E-state index in [1.54, 1.807) is 11.0 Å². The van der Waals surface area contributed by atoms with Crippen molar-refractivity contribution in [1.82, 2.24) is 25.0 Å². The van der Waals surface area contributed by atoms with Gasteiger partial charge in [-0.25, -0.2) is 4.98 Å². The van der Waals surface area contributed by atoms with E-state index in [4.69, 9.17) is 4.74 Å². The van der Waals surface area contributed by atoms with Crippen molar-refractivity contribution in [3.63, 3.8) is 0 Å². The van der Waals surface area contributed by atoms with Crippen molar-refractivity contribution in [2.75, 3.05) is 32.8 Å². The topological polar surface area (TPSA) is 72.3 Å². The molecule has 3 rings (SSSR count). The Kier molecular flexibility index (Phi) is 6.37. The zero-order valence-electron chi connectivity index (χ0n) is 14.2. The molecule has 2 heterocycles.